The molecule has 0 fully saturated rings. The number of nitrogens with zero attached hydrogens (tertiary/aromatic N) is 4. The van der Waals surface area contributed by atoms with Crippen LogP contribution in [0.15, 0.2) is 30.5 Å². The topological polar surface area (TPSA) is 107 Å². The first-order valence-electron chi connectivity index (χ1n) is 5.54. The van der Waals surface area contributed by atoms with E-state index in [1.807, 2.05) is 6.07 Å². The Morgan fingerprint density at radius 3 is 2.75 bits per heavy atom. The Labute approximate surface area is 122 Å². The molecule has 0 bridgehead atoms. The number of rotatable bonds is 5. The number of nitrogens with one attached hydrogen (secondary N) is 2. The Balaban J connectivity index is 2.11. The van der Waals surface area contributed by atoms with E-state index in [1.54, 1.807) is 24.3 Å². The van der Waals surface area contributed by atoms with Gasteiger partial charge in [0, 0.05) is 17.5 Å². The Morgan fingerprint density at radius 1 is 1.45 bits per heavy atom. The van der Waals surface area contributed by atoms with Crippen LogP contribution < -0.4 is 5.32 Å². The van der Waals surface area contributed by atoms with Crippen molar-refractivity contribution in [1.82, 2.24) is 20.6 Å². The third-order valence-corrected chi connectivity index (χ3v) is 2.93. The minimum Gasteiger partial charge on any atom is -0.360 e. The van der Waals surface area contributed by atoms with Gasteiger partial charge in [0.1, 0.15) is 11.6 Å². The lowest BCUT2D eigenvalue weighted by Gasteiger charge is -2.02. The molecule has 0 amide bonds. The van der Waals surface area contributed by atoms with Gasteiger partial charge < -0.3 is 5.32 Å². The Hall–Kier alpha value is -2.53. The smallest absolute Gasteiger partial charge is 0.216 e. The van der Waals surface area contributed by atoms with Crippen LogP contribution in [0.1, 0.15) is 16.2 Å². The zero-order valence-corrected chi connectivity index (χ0v) is 11.8. The highest BCUT2D eigenvalue weighted by Crippen LogP contribution is 2.13. The molecule has 2 N–H and O–H groups in total. The monoisotopic (exact) mass is 332 g/mol. The number of hydrogen-bond donors (Lipinski definition) is 2. The van der Waals surface area contributed by atoms with E-state index in [0.29, 0.717) is 5.56 Å². The van der Waals surface area contributed by atoms with E-state index in [9.17, 15) is 4.79 Å². The van der Waals surface area contributed by atoms with Crippen LogP contribution in [0.3, 0.4) is 0 Å². The van der Waals surface area contributed by atoms with Crippen molar-refractivity contribution in [3.8, 4) is 6.07 Å². The molecule has 0 atom stereocenters. The molecule has 2 aromatic rings. The molecule has 7 nitrogen and oxygen atoms in total. The largest absolute Gasteiger partial charge is 0.360 e. The van der Waals surface area contributed by atoms with Crippen LogP contribution in [-0.4, -0.2) is 31.7 Å². The molecule has 0 radical (unpaired) electrons. The number of aromatic amines is 1. The summed E-state index contributed by atoms with van der Waals surface area (Å²) in [6.45, 7) is 0. The molecule has 0 saturated heterocycles. The van der Waals surface area contributed by atoms with E-state index in [-0.39, 0.29) is 22.5 Å². The van der Waals surface area contributed by atoms with E-state index < -0.39 is 0 Å². The van der Waals surface area contributed by atoms with Gasteiger partial charge in [0.25, 0.3) is 0 Å². The van der Waals surface area contributed by atoms with Crippen LogP contribution in [0.4, 0.5) is 5.69 Å². The highest BCUT2D eigenvalue weighted by atomic mass is 79.9. The second-order valence-electron chi connectivity index (χ2n) is 3.68. The number of Topliss-reactive ketones (excluding diaryl/α,β-unsaturated/α-hetero) is 1. The maximum atomic E-state index is 11.4. The maximum Gasteiger partial charge on any atom is 0.216 e. The fourth-order valence-electron chi connectivity index (χ4n) is 1.41. The molecule has 0 aliphatic carbocycles. The number of anilines is 1. The highest BCUT2D eigenvalue weighted by molar-refractivity contribution is 9.09. The van der Waals surface area contributed by atoms with E-state index in [2.05, 4.69) is 41.9 Å². The molecule has 1 aromatic heterocycles. The number of benzene rings is 1. The number of carbonyl (C=O) groups excluding carboxylic acids is 1. The first-order valence-corrected chi connectivity index (χ1v) is 6.66. The van der Waals surface area contributed by atoms with Crippen molar-refractivity contribution in [2.24, 2.45) is 0 Å². The standard InChI is InChI=1S/C12H9BrN6O/c13-5-11(20)8-1-3-10(4-2-8)15-7-9(6-14)12-16-18-19-17-12/h1-4,7,15H,5H2,(H,16,17,18,19). The number of H-pyrrole nitrogens is 1. The van der Waals surface area contributed by atoms with Crippen molar-refractivity contribution in [3.05, 3.63) is 41.9 Å². The van der Waals surface area contributed by atoms with Crippen molar-refractivity contribution in [2.45, 2.75) is 0 Å². The van der Waals surface area contributed by atoms with E-state index in [1.165, 1.54) is 6.20 Å². The van der Waals surface area contributed by atoms with Crippen LogP contribution in [0.2, 0.25) is 0 Å². The van der Waals surface area contributed by atoms with Crippen molar-refractivity contribution >= 4 is 33.0 Å². The van der Waals surface area contributed by atoms with Gasteiger partial charge in [-0.25, -0.2) is 0 Å². The number of halogens is 1. The summed E-state index contributed by atoms with van der Waals surface area (Å²) < 4.78 is 0. The third kappa shape index (κ3) is 3.27. The predicted molar refractivity (Wildman–Crippen MR) is 76.0 cm³/mol. The summed E-state index contributed by atoms with van der Waals surface area (Å²) in [5.74, 6) is 0.225. The van der Waals surface area contributed by atoms with Gasteiger partial charge in [-0.1, -0.05) is 15.9 Å². The highest BCUT2D eigenvalue weighted by Gasteiger charge is 2.06. The van der Waals surface area contributed by atoms with Gasteiger partial charge in [-0.2, -0.15) is 10.5 Å². The minimum absolute atomic E-state index is 0.0107. The number of ketones is 1. The quantitative estimate of drug-likeness (QED) is 0.490. The van der Waals surface area contributed by atoms with Gasteiger partial charge in [0.2, 0.25) is 5.82 Å². The zero-order valence-electron chi connectivity index (χ0n) is 10.2. The second kappa shape index (κ2) is 6.58. The molecule has 0 aliphatic heterocycles. The van der Waals surface area contributed by atoms with E-state index >= 15 is 0 Å². The van der Waals surface area contributed by atoms with Gasteiger partial charge in [0.15, 0.2) is 5.78 Å². The SMILES string of the molecule is N#CC(=CNc1ccc(C(=O)CBr)cc1)c1nn[nH]n1. The number of aromatic nitrogens is 4. The van der Waals surface area contributed by atoms with Crippen LogP contribution in [0.25, 0.3) is 5.57 Å². The number of hydrogen-bond acceptors (Lipinski definition) is 6. The van der Waals surface area contributed by atoms with Gasteiger partial charge in [-0.05, 0) is 29.5 Å². The molecule has 100 valence electrons. The number of carbonyl (C=O) groups is 1. The van der Waals surface area contributed by atoms with Crippen molar-refractivity contribution < 1.29 is 4.79 Å². The van der Waals surface area contributed by atoms with Crippen molar-refractivity contribution in [2.75, 3.05) is 10.6 Å². The third-order valence-electron chi connectivity index (χ3n) is 2.42. The summed E-state index contributed by atoms with van der Waals surface area (Å²) in [7, 11) is 0. The van der Waals surface area contributed by atoms with Crippen LogP contribution >= 0.6 is 15.9 Å². The van der Waals surface area contributed by atoms with E-state index in [0.717, 1.165) is 5.69 Å². The molecule has 1 aromatic carbocycles. The lowest BCUT2D eigenvalue weighted by atomic mass is 10.1. The number of nitriles is 1. The average Bonchev–Trinajstić information content (AvgIpc) is 3.02. The Morgan fingerprint density at radius 2 is 2.20 bits per heavy atom. The summed E-state index contributed by atoms with van der Waals surface area (Å²) in [5.41, 5.74) is 1.61. The van der Waals surface area contributed by atoms with Gasteiger partial charge in [-0.15, -0.1) is 10.2 Å². The first-order chi connectivity index (χ1) is 9.74. The van der Waals surface area contributed by atoms with Crippen molar-refractivity contribution in [1.29, 1.82) is 5.26 Å². The van der Waals surface area contributed by atoms with Gasteiger partial charge >= 0.3 is 0 Å². The molecular formula is C12H9BrN6O. The predicted octanol–water partition coefficient (Wildman–Crippen LogP) is 1.75. The van der Waals surface area contributed by atoms with Crippen LogP contribution in [0.5, 0.6) is 0 Å². The normalized spacial score (nSPS) is 10.9. The summed E-state index contributed by atoms with van der Waals surface area (Å²) in [5, 5.41) is 25.3. The molecule has 0 spiro atoms. The summed E-state index contributed by atoms with van der Waals surface area (Å²) in [6, 6.07) is 8.88. The fraction of sp³-hybridized carbons (Fsp3) is 0.0833. The molecule has 0 aliphatic rings. The molecule has 20 heavy (non-hydrogen) atoms. The lowest BCUT2D eigenvalue weighted by Crippen LogP contribution is -1.99. The van der Waals surface area contributed by atoms with Crippen LogP contribution in [0, 0.1) is 11.3 Å². The number of allylic oxidation sites excluding steroid dienone is 1. The first kappa shape index (κ1) is 13.9. The lowest BCUT2D eigenvalue weighted by molar-refractivity contribution is 0.102. The number of alkyl halides is 1. The molecule has 0 saturated carbocycles. The number of tetrazole rings is 1. The van der Waals surface area contributed by atoms with Gasteiger partial charge in [0.05, 0.1) is 5.33 Å². The zero-order chi connectivity index (χ0) is 14.4. The van der Waals surface area contributed by atoms with Crippen LogP contribution in [-0.2, 0) is 0 Å². The van der Waals surface area contributed by atoms with Gasteiger partial charge in [-0.3, -0.25) is 4.79 Å². The molecule has 2 rings (SSSR count). The summed E-state index contributed by atoms with van der Waals surface area (Å²) >= 11 is 3.12. The summed E-state index contributed by atoms with van der Waals surface area (Å²) in [6.07, 6.45) is 1.48. The average molecular weight is 333 g/mol. The molecule has 0 unspecified atom stereocenters. The van der Waals surface area contributed by atoms with Crippen molar-refractivity contribution in [3.63, 3.8) is 0 Å². The second-order valence-corrected chi connectivity index (χ2v) is 4.24. The minimum atomic E-state index is 0.0107. The summed E-state index contributed by atoms with van der Waals surface area (Å²) in [4.78, 5) is 11.4. The van der Waals surface area contributed by atoms with E-state index in [4.69, 9.17) is 5.26 Å². The maximum absolute atomic E-state index is 11.4. The Bertz CT molecular complexity index is 656. The molecule has 1 heterocycles. The Kier molecular flexibility index (Phi) is 4.57. The molecular weight excluding hydrogens is 324 g/mol. The molecule has 8 heteroatoms. The fourth-order valence-corrected chi connectivity index (χ4v) is 1.73.